The minimum atomic E-state index is -0.571. The zero-order chi connectivity index (χ0) is 25.1. The van der Waals surface area contributed by atoms with Gasteiger partial charge in [-0.15, -0.1) is 0 Å². The molecule has 0 N–H and O–H groups in total. The molecule has 3 aromatic rings. The largest absolute Gasteiger partial charge is 0.493 e. The maximum absolute atomic E-state index is 12.6. The van der Waals surface area contributed by atoms with E-state index in [1.807, 2.05) is 37.3 Å². The van der Waals surface area contributed by atoms with Crippen LogP contribution in [-0.4, -0.2) is 24.9 Å². The van der Waals surface area contributed by atoms with Crippen molar-refractivity contribution in [2.24, 2.45) is 4.99 Å². The second-order valence-corrected chi connectivity index (χ2v) is 8.81. The molecule has 7 heteroatoms. The molecule has 0 bridgehead atoms. The number of carbonyl (C=O) groups excluding carboxylic acids is 2. The fourth-order valence-corrected chi connectivity index (χ4v) is 3.80. The number of aliphatic imine (C=N–C) groups is 1. The lowest BCUT2D eigenvalue weighted by molar-refractivity contribution is -0.129. The molecule has 4 rings (SSSR count). The van der Waals surface area contributed by atoms with E-state index < -0.39 is 11.9 Å². The fourth-order valence-electron chi connectivity index (χ4n) is 3.55. The number of cyclic esters (lactones) is 1. The van der Waals surface area contributed by atoms with E-state index in [4.69, 9.17) is 25.8 Å². The first-order chi connectivity index (χ1) is 16.7. The van der Waals surface area contributed by atoms with Gasteiger partial charge in [0.25, 0.3) is 0 Å². The molecule has 0 saturated heterocycles. The van der Waals surface area contributed by atoms with Crippen LogP contribution < -0.4 is 9.47 Å². The third-order valence-corrected chi connectivity index (χ3v) is 5.73. The van der Waals surface area contributed by atoms with Gasteiger partial charge >= 0.3 is 11.9 Å². The lowest BCUT2D eigenvalue weighted by Gasteiger charge is -2.12. The Morgan fingerprint density at radius 2 is 1.83 bits per heavy atom. The normalized spacial score (nSPS) is 14.2. The van der Waals surface area contributed by atoms with Crippen molar-refractivity contribution in [1.82, 2.24) is 0 Å². The summed E-state index contributed by atoms with van der Waals surface area (Å²) in [5, 5.41) is 0.150. The lowest BCUT2D eigenvalue weighted by Crippen LogP contribution is -2.10. The summed E-state index contributed by atoms with van der Waals surface area (Å²) in [4.78, 5) is 29.4. The van der Waals surface area contributed by atoms with Crippen LogP contribution in [0.1, 0.15) is 52.4 Å². The molecule has 0 aromatic heterocycles. The van der Waals surface area contributed by atoms with Crippen molar-refractivity contribution < 1.29 is 23.8 Å². The molecule has 0 fully saturated rings. The minimum Gasteiger partial charge on any atom is -0.493 e. The van der Waals surface area contributed by atoms with E-state index in [1.165, 1.54) is 12.7 Å². The van der Waals surface area contributed by atoms with Crippen LogP contribution in [0.4, 0.5) is 0 Å². The highest BCUT2D eigenvalue weighted by Crippen LogP contribution is 2.38. The van der Waals surface area contributed by atoms with Crippen molar-refractivity contribution in [3.05, 3.63) is 99.2 Å². The van der Waals surface area contributed by atoms with Gasteiger partial charge in [0, 0.05) is 5.56 Å². The number of benzene rings is 3. The van der Waals surface area contributed by atoms with Crippen molar-refractivity contribution in [3.63, 3.8) is 0 Å². The molecule has 0 spiro atoms. The molecule has 1 heterocycles. The number of ether oxygens (including phenoxy) is 3. The van der Waals surface area contributed by atoms with Gasteiger partial charge in [-0.2, -0.15) is 0 Å². The molecule has 1 aliphatic rings. The molecule has 0 atom stereocenters. The van der Waals surface area contributed by atoms with Crippen molar-refractivity contribution in [2.75, 3.05) is 7.11 Å². The molecule has 35 heavy (non-hydrogen) atoms. The number of halogens is 1. The van der Waals surface area contributed by atoms with Crippen LogP contribution in [0.2, 0.25) is 5.02 Å². The molecule has 3 aromatic carbocycles. The lowest BCUT2D eigenvalue weighted by atomic mass is 10.0. The number of carbonyl (C=O) groups is 2. The van der Waals surface area contributed by atoms with Gasteiger partial charge < -0.3 is 14.2 Å². The van der Waals surface area contributed by atoms with Crippen molar-refractivity contribution in [3.8, 4) is 11.5 Å². The first-order valence-corrected chi connectivity index (χ1v) is 11.4. The first kappa shape index (κ1) is 24.2. The number of hydrogen-bond acceptors (Lipinski definition) is 6. The van der Waals surface area contributed by atoms with Crippen molar-refractivity contribution in [2.45, 2.75) is 26.7 Å². The van der Waals surface area contributed by atoms with E-state index in [9.17, 15) is 9.59 Å². The van der Waals surface area contributed by atoms with Crippen LogP contribution in [0.25, 0.3) is 6.08 Å². The molecular weight excluding hydrogens is 466 g/mol. The Hall–Kier alpha value is -3.90. The maximum atomic E-state index is 12.6. The Bertz CT molecular complexity index is 1360. The second-order valence-electron chi connectivity index (χ2n) is 8.41. The topological polar surface area (TPSA) is 74.2 Å². The Labute approximate surface area is 208 Å². The molecule has 1 aliphatic heterocycles. The quantitative estimate of drug-likeness (QED) is 0.229. The van der Waals surface area contributed by atoms with E-state index in [0.29, 0.717) is 22.6 Å². The van der Waals surface area contributed by atoms with E-state index >= 15 is 0 Å². The SMILES string of the molecule is COc1cc(/C=C2\N=C(c3ccc(C(C)C)cc3)OC2=O)cc(Cl)c1OC(=O)c1cccc(C)c1. The van der Waals surface area contributed by atoms with Gasteiger partial charge in [0.2, 0.25) is 5.90 Å². The van der Waals surface area contributed by atoms with Crippen LogP contribution in [0.3, 0.4) is 0 Å². The Morgan fingerprint density at radius 1 is 1.09 bits per heavy atom. The van der Waals surface area contributed by atoms with Crippen LogP contribution in [0.5, 0.6) is 11.5 Å². The van der Waals surface area contributed by atoms with Crippen LogP contribution in [-0.2, 0) is 9.53 Å². The Morgan fingerprint density at radius 3 is 2.49 bits per heavy atom. The monoisotopic (exact) mass is 489 g/mol. The average molecular weight is 490 g/mol. The number of methoxy groups -OCH3 is 1. The minimum absolute atomic E-state index is 0.0891. The van der Waals surface area contributed by atoms with E-state index in [1.54, 1.807) is 36.4 Å². The van der Waals surface area contributed by atoms with Crippen LogP contribution >= 0.6 is 11.6 Å². The highest BCUT2D eigenvalue weighted by atomic mass is 35.5. The van der Waals surface area contributed by atoms with Gasteiger partial charge in [-0.3, -0.25) is 0 Å². The van der Waals surface area contributed by atoms with E-state index in [-0.39, 0.29) is 28.1 Å². The van der Waals surface area contributed by atoms with Gasteiger partial charge in [0.05, 0.1) is 17.7 Å². The standard InChI is InChI=1S/C28H24ClNO5/c1-16(2)19-8-10-20(11-9-19)26-30-23(28(32)35-26)14-18-13-22(29)25(24(15-18)33-4)34-27(31)21-7-5-6-17(3)12-21/h5-16H,1-4H3/b23-14-. The molecule has 178 valence electrons. The summed E-state index contributed by atoms with van der Waals surface area (Å²) in [6.45, 7) is 6.10. The molecular formula is C28H24ClNO5. The summed E-state index contributed by atoms with van der Waals surface area (Å²) in [5.74, 6) is -0.170. The maximum Gasteiger partial charge on any atom is 0.363 e. The van der Waals surface area contributed by atoms with E-state index in [2.05, 4.69) is 18.8 Å². The number of rotatable bonds is 6. The third kappa shape index (κ3) is 5.44. The summed E-state index contributed by atoms with van der Waals surface area (Å²) in [6.07, 6.45) is 1.54. The van der Waals surface area contributed by atoms with E-state index in [0.717, 1.165) is 5.56 Å². The summed E-state index contributed by atoms with van der Waals surface area (Å²) >= 11 is 6.42. The zero-order valence-electron chi connectivity index (χ0n) is 19.8. The Kier molecular flexibility index (Phi) is 7.03. The second kappa shape index (κ2) is 10.2. The third-order valence-electron chi connectivity index (χ3n) is 5.45. The van der Waals surface area contributed by atoms with Gasteiger partial charge in [0.15, 0.2) is 17.2 Å². The van der Waals surface area contributed by atoms with Crippen LogP contribution in [0.15, 0.2) is 71.4 Å². The Balaban J connectivity index is 1.60. The molecule has 6 nitrogen and oxygen atoms in total. The summed E-state index contributed by atoms with van der Waals surface area (Å²) in [6, 6.07) is 17.9. The fraction of sp³-hybridized carbons (Fsp3) is 0.179. The summed E-state index contributed by atoms with van der Waals surface area (Å²) < 4.78 is 16.3. The zero-order valence-corrected chi connectivity index (χ0v) is 20.6. The van der Waals surface area contributed by atoms with Crippen molar-refractivity contribution in [1.29, 1.82) is 0 Å². The highest BCUT2D eigenvalue weighted by Gasteiger charge is 2.25. The predicted octanol–water partition coefficient (Wildman–Crippen LogP) is 6.34. The number of aryl methyl sites for hydroxylation is 1. The molecule has 0 unspecified atom stereocenters. The van der Waals surface area contributed by atoms with Crippen LogP contribution in [0, 0.1) is 6.92 Å². The van der Waals surface area contributed by atoms with Gasteiger partial charge in [-0.25, -0.2) is 14.6 Å². The molecule has 0 amide bonds. The van der Waals surface area contributed by atoms with Gasteiger partial charge in [-0.1, -0.05) is 55.3 Å². The smallest absolute Gasteiger partial charge is 0.363 e. The number of esters is 2. The number of hydrogen-bond donors (Lipinski definition) is 0. The van der Waals surface area contributed by atoms with Gasteiger partial charge in [-0.05, 0) is 66.4 Å². The molecule has 0 radical (unpaired) electrons. The average Bonchev–Trinajstić information content (AvgIpc) is 3.20. The first-order valence-electron chi connectivity index (χ1n) is 11.0. The van der Waals surface area contributed by atoms with Gasteiger partial charge in [0.1, 0.15) is 0 Å². The summed E-state index contributed by atoms with van der Waals surface area (Å²) in [5.41, 5.74) is 3.87. The number of nitrogens with zero attached hydrogens (tertiary/aromatic N) is 1. The summed E-state index contributed by atoms with van der Waals surface area (Å²) in [7, 11) is 1.44. The highest BCUT2D eigenvalue weighted by molar-refractivity contribution is 6.32. The molecule has 0 aliphatic carbocycles. The molecule has 0 saturated carbocycles. The van der Waals surface area contributed by atoms with Crippen molar-refractivity contribution >= 4 is 35.5 Å². The predicted molar refractivity (Wildman–Crippen MR) is 135 cm³/mol.